The maximum atomic E-state index is 12.2. The Balaban J connectivity index is 1.55. The molecule has 0 saturated carbocycles. The van der Waals surface area contributed by atoms with Crippen LogP contribution in [0.25, 0.3) is 0 Å². The van der Waals surface area contributed by atoms with Crippen LogP contribution in [0.5, 0.6) is 0 Å². The molecule has 0 aromatic heterocycles. The van der Waals surface area contributed by atoms with Gasteiger partial charge in [-0.25, -0.2) is 5.01 Å². The molecule has 6 heteroatoms. The summed E-state index contributed by atoms with van der Waals surface area (Å²) >= 11 is 5.91. The van der Waals surface area contributed by atoms with Gasteiger partial charge in [-0.1, -0.05) is 53.6 Å². The number of benzene rings is 2. The summed E-state index contributed by atoms with van der Waals surface area (Å²) < 4.78 is 0. The van der Waals surface area contributed by atoms with Crippen molar-refractivity contribution in [1.82, 2.24) is 10.3 Å². The first-order valence-electron chi connectivity index (χ1n) is 8.97. The van der Waals surface area contributed by atoms with Crippen LogP contribution >= 0.6 is 11.6 Å². The van der Waals surface area contributed by atoms with Crippen molar-refractivity contribution in [2.24, 2.45) is 5.10 Å². The highest BCUT2D eigenvalue weighted by Gasteiger charge is 2.23. The molecule has 0 fully saturated rings. The zero-order valence-electron chi connectivity index (χ0n) is 15.2. The van der Waals surface area contributed by atoms with E-state index in [0.29, 0.717) is 24.4 Å². The third kappa shape index (κ3) is 5.41. The fraction of sp³-hybridized carbons (Fsp3) is 0.286. The lowest BCUT2D eigenvalue weighted by atomic mass is 10.0. The molecular weight excluding hydrogens is 362 g/mol. The van der Waals surface area contributed by atoms with Crippen molar-refractivity contribution in [1.29, 1.82) is 0 Å². The molecule has 5 nitrogen and oxygen atoms in total. The number of hydrogen-bond acceptors (Lipinski definition) is 3. The van der Waals surface area contributed by atoms with Crippen molar-refractivity contribution >= 4 is 29.1 Å². The minimum Gasteiger partial charge on any atom is -0.354 e. The third-order valence-electron chi connectivity index (χ3n) is 4.43. The highest BCUT2D eigenvalue weighted by atomic mass is 35.5. The topological polar surface area (TPSA) is 61.8 Å². The normalized spacial score (nSPS) is 14.1. The van der Waals surface area contributed by atoms with Gasteiger partial charge in [-0.2, -0.15) is 5.10 Å². The number of hydrogen-bond donors (Lipinski definition) is 1. The summed E-state index contributed by atoms with van der Waals surface area (Å²) in [5.41, 5.74) is 4.08. The monoisotopic (exact) mass is 383 g/mol. The van der Waals surface area contributed by atoms with Crippen LogP contribution < -0.4 is 5.32 Å². The van der Waals surface area contributed by atoms with E-state index >= 15 is 0 Å². The molecule has 2 amide bonds. The molecular formula is C21H22ClN3O2. The Morgan fingerprint density at radius 3 is 2.52 bits per heavy atom. The molecule has 1 aliphatic heterocycles. The number of carbonyl (C=O) groups excluding carboxylic acids is 2. The molecule has 0 bridgehead atoms. The molecule has 1 aliphatic rings. The second kappa shape index (κ2) is 8.82. The van der Waals surface area contributed by atoms with Gasteiger partial charge in [0.2, 0.25) is 11.8 Å². The Morgan fingerprint density at radius 2 is 1.81 bits per heavy atom. The molecule has 1 N–H and O–H groups in total. The average Bonchev–Trinajstić information content (AvgIpc) is 2.66. The van der Waals surface area contributed by atoms with Gasteiger partial charge >= 0.3 is 0 Å². The van der Waals surface area contributed by atoms with E-state index in [2.05, 4.69) is 34.7 Å². The predicted molar refractivity (Wildman–Crippen MR) is 107 cm³/mol. The number of carbonyl (C=O) groups is 2. The molecule has 27 heavy (non-hydrogen) atoms. The van der Waals surface area contributed by atoms with Gasteiger partial charge in [0.25, 0.3) is 0 Å². The van der Waals surface area contributed by atoms with E-state index in [4.69, 9.17) is 11.6 Å². The van der Waals surface area contributed by atoms with E-state index in [1.165, 1.54) is 10.6 Å². The second-order valence-electron chi connectivity index (χ2n) is 6.59. The van der Waals surface area contributed by atoms with Gasteiger partial charge in [-0.05, 0) is 36.6 Å². The molecule has 0 unspecified atom stereocenters. The van der Waals surface area contributed by atoms with Gasteiger partial charge in [0.1, 0.15) is 6.54 Å². The van der Waals surface area contributed by atoms with Crippen molar-refractivity contribution in [3.8, 4) is 0 Å². The molecule has 3 rings (SSSR count). The molecule has 1 heterocycles. The Hall–Kier alpha value is -2.66. The summed E-state index contributed by atoms with van der Waals surface area (Å²) in [5.74, 6) is -0.349. The number of nitrogens with zero attached hydrogens (tertiary/aromatic N) is 2. The zero-order chi connectivity index (χ0) is 19.2. The minimum atomic E-state index is -0.212. The standard InChI is InChI=1S/C21H22ClN3O2/c1-15-2-4-16(5-3-15)12-13-23-20(26)14-25-21(27)11-10-19(24-25)17-6-8-18(22)9-7-17/h2-9H,10-14H2,1H3,(H,23,26). The summed E-state index contributed by atoms with van der Waals surface area (Å²) in [6.07, 6.45) is 1.66. The van der Waals surface area contributed by atoms with Crippen LogP contribution in [0.1, 0.15) is 29.5 Å². The van der Waals surface area contributed by atoms with Crippen LogP contribution in [0.15, 0.2) is 53.6 Å². The lowest BCUT2D eigenvalue weighted by molar-refractivity contribution is -0.136. The van der Waals surface area contributed by atoms with E-state index in [1.54, 1.807) is 12.1 Å². The van der Waals surface area contributed by atoms with Crippen molar-refractivity contribution < 1.29 is 9.59 Å². The van der Waals surface area contributed by atoms with Crippen LogP contribution in [-0.4, -0.2) is 35.6 Å². The van der Waals surface area contributed by atoms with Crippen LogP contribution in [0, 0.1) is 6.92 Å². The van der Waals surface area contributed by atoms with Crippen molar-refractivity contribution in [3.63, 3.8) is 0 Å². The van der Waals surface area contributed by atoms with Gasteiger partial charge in [0.15, 0.2) is 0 Å². The van der Waals surface area contributed by atoms with Gasteiger partial charge in [0.05, 0.1) is 5.71 Å². The molecule has 0 radical (unpaired) electrons. The van der Waals surface area contributed by atoms with Gasteiger partial charge in [0, 0.05) is 24.4 Å². The van der Waals surface area contributed by atoms with Gasteiger partial charge in [-0.15, -0.1) is 0 Å². The van der Waals surface area contributed by atoms with E-state index in [1.807, 2.05) is 19.1 Å². The third-order valence-corrected chi connectivity index (χ3v) is 4.68. The largest absolute Gasteiger partial charge is 0.354 e. The number of amides is 2. The first-order valence-corrected chi connectivity index (χ1v) is 9.35. The Labute approximate surface area is 164 Å². The molecule has 140 valence electrons. The Bertz CT molecular complexity index is 845. The van der Waals surface area contributed by atoms with Crippen LogP contribution in [0.3, 0.4) is 0 Å². The van der Waals surface area contributed by atoms with E-state index in [-0.39, 0.29) is 18.4 Å². The van der Waals surface area contributed by atoms with Gasteiger partial charge in [-0.3, -0.25) is 9.59 Å². The summed E-state index contributed by atoms with van der Waals surface area (Å²) in [5, 5.41) is 9.14. The highest BCUT2D eigenvalue weighted by Crippen LogP contribution is 2.17. The smallest absolute Gasteiger partial charge is 0.243 e. The summed E-state index contributed by atoms with van der Waals surface area (Å²) in [4.78, 5) is 24.3. The van der Waals surface area contributed by atoms with E-state index < -0.39 is 0 Å². The van der Waals surface area contributed by atoms with E-state index in [0.717, 1.165) is 23.3 Å². The second-order valence-corrected chi connectivity index (χ2v) is 7.03. The molecule has 2 aromatic rings. The lowest BCUT2D eigenvalue weighted by Gasteiger charge is -2.23. The average molecular weight is 384 g/mol. The number of hydrazone groups is 1. The maximum absolute atomic E-state index is 12.2. The van der Waals surface area contributed by atoms with Crippen molar-refractivity contribution in [2.45, 2.75) is 26.2 Å². The van der Waals surface area contributed by atoms with E-state index in [9.17, 15) is 9.59 Å². The summed E-state index contributed by atoms with van der Waals surface area (Å²) in [6.45, 7) is 2.50. The predicted octanol–water partition coefficient (Wildman–Crippen LogP) is 3.33. The Kier molecular flexibility index (Phi) is 6.24. The fourth-order valence-corrected chi connectivity index (χ4v) is 2.99. The SMILES string of the molecule is Cc1ccc(CCNC(=O)CN2N=C(c3ccc(Cl)cc3)CCC2=O)cc1. The summed E-state index contributed by atoms with van der Waals surface area (Å²) in [6, 6.07) is 15.5. The molecule has 0 spiro atoms. The highest BCUT2D eigenvalue weighted by molar-refractivity contribution is 6.30. The minimum absolute atomic E-state index is 0.0657. The zero-order valence-corrected chi connectivity index (χ0v) is 16.0. The number of halogens is 1. The molecule has 0 atom stereocenters. The molecule has 2 aromatic carbocycles. The molecule has 0 saturated heterocycles. The first kappa shape index (κ1) is 19.1. The van der Waals surface area contributed by atoms with Crippen LogP contribution in [0.4, 0.5) is 0 Å². The summed E-state index contributed by atoms with van der Waals surface area (Å²) in [7, 11) is 0. The Morgan fingerprint density at radius 1 is 1.11 bits per heavy atom. The lowest BCUT2D eigenvalue weighted by Crippen LogP contribution is -2.40. The first-order chi connectivity index (χ1) is 13.0. The van der Waals surface area contributed by atoms with Crippen molar-refractivity contribution in [2.75, 3.05) is 13.1 Å². The van der Waals surface area contributed by atoms with Crippen molar-refractivity contribution in [3.05, 3.63) is 70.2 Å². The quantitative estimate of drug-likeness (QED) is 0.831. The fourth-order valence-electron chi connectivity index (χ4n) is 2.87. The number of rotatable bonds is 6. The number of nitrogens with one attached hydrogen (secondary N) is 1. The van der Waals surface area contributed by atoms with Gasteiger partial charge < -0.3 is 5.32 Å². The maximum Gasteiger partial charge on any atom is 0.243 e. The van der Waals surface area contributed by atoms with Crippen LogP contribution in [0.2, 0.25) is 5.02 Å². The van der Waals surface area contributed by atoms with Crippen LogP contribution in [-0.2, 0) is 16.0 Å². The number of aryl methyl sites for hydroxylation is 1. The molecule has 0 aliphatic carbocycles.